The molecule has 0 aromatic rings. The zero-order valence-corrected chi connectivity index (χ0v) is 34.6. The van der Waals surface area contributed by atoms with Crippen molar-refractivity contribution in [3.05, 3.63) is 0 Å². The predicted molar refractivity (Wildman–Crippen MR) is 214 cm³/mol. The maximum absolute atomic E-state index is 13.9. The normalized spacial score (nSPS) is 24.1. The standard InChI is InChI=1S/C39H61N11O11/c40-14-2-1-8-24(34(56)44-23-33(54)55)45-37(59)27-11-3-15-46(27)31(52)21-42-35(57)26-10-5-19-50(26)39(61)29-13-7-17-48(29)32(53)22-43-36(58)25-9-4-18-49(25)38(60)28-12-6-16-47(28)30(51)20-41/h24-29H,1-23,40-41H2,(H,42,57)(H,43,58)(H,44,56)(H,45,59)(H,54,55)/t24-,25-,26-,27-,28-,29-/m0/s1. The first kappa shape index (κ1) is 46.7. The molecule has 0 radical (unpaired) electrons. The van der Waals surface area contributed by atoms with Gasteiger partial charge in [-0.05, 0) is 90.0 Å². The Labute approximate surface area is 354 Å². The van der Waals surface area contributed by atoms with Crippen molar-refractivity contribution in [3.8, 4) is 0 Å². The summed E-state index contributed by atoms with van der Waals surface area (Å²) in [5.41, 5.74) is 11.1. The van der Waals surface area contributed by atoms with Crippen LogP contribution in [0.4, 0.5) is 0 Å². The van der Waals surface area contributed by atoms with Crippen LogP contribution in [0.2, 0.25) is 0 Å². The average molecular weight is 860 g/mol. The lowest BCUT2D eigenvalue weighted by Gasteiger charge is -2.32. The minimum atomic E-state index is -1.24. The SMILES string of the molecule is NCCCC[C@H](NC(=O)[C@@H]1CCCN1C(=O)CNC(=O)[C@@H]1CCCN1C(=O)[C@@H]1CCCN1C(=O)CNC(=O)[C@@H]1CCCN1C(=O)[C@@H]1CCCN1C(=O)CN)C(=O)NCC(=O)O. The highest BCUT2D eigenvalue weighted by Crippen LogP contribution is 2.27. The van der Waals surface area contributed by atoms with E-state index in [1.54, 1.807) is 0 Å². The molecule has 9 amide bonds. The Morgan fingerprint density at radius 2 is 0.918 bits per heavy atom. The number of aliphatic carboxylic acids is 1. The highest BCUT2D eigenvalue weighted by atomic mass is 16.4. The maximum Gasteiger partial charge on any atom is 0.322 e. The van der Waals surface area contributed by atoms with Crippen molar-refractivity contribution in [2.75, 3.05) is 65.4 Å². The first-order chi connectivity index (χ1) is 29.3. The number of likely N-dealkylation sites (tertiary alicyclic amines) is 5. The molecule has 5 fully saturated rings. The zero-order chi connectivity index (χ0) is 44.2. The molecule has 61 heavy (non-hydrogen) atoms. The van der Waals surface area contributed by atoms with Gasteiger partial charge in [-0.1, -0.05) is 0 Å². The number of nitrogens with one attached hydrogen (secondary N) is 4. The van der Waals surface area contributed by atoms with Crippen LogP contribution in [0.1, 0.15) is 83.5 Å². The summed E-state index contributed by atoms with van der Waals surface area (Å²) in [6.07, 6.45) is 6.00. The third kappa shape index (κ3) is 11.5. The molecule has 0 aromatic carbocycles. The number of carbonyl (C=O) groups is 10. The van der Waals surface area contributed by atoms with Crippen molar-refractivity contribution in [2.24, 2.45) is 11.5 Å². The molecule has 338 valence electrons. The van der Waals surface area contributed by atoms with Crippen molar-refractivity contribution in [1.29, 1.82) is 0 Å². The number of unbranched alkanes of at least 4 members (excludes halogenated alkanes) is 1. The Morgan fingerprint density at radius 3 is 1.36 bits per heavy atom. The van der Waals surface area contributed by atoms with Crippen LogP contribution in [0.25, 0.3) is 0 Å². The largest absolute Gasteiger partial charge is 0.480 e. The molecule has 5 aliphatic rings. The van der Waals surface area contributed by atoms with E-state index in [0.717, 1.165) is 0 Å². The molecule has 6 atom stereocenters. The molecule has 0 unspecified atom stereocenters. The van der Waals surface area contributed by atoms with E-state index in [0.29, 0.717) is 96.7 Å². The summed E-state index contributed by atoms with van der Waals surface area (Å²) < 4.78 is 0. The van der Waals surface area contributed by atoms with E-state index in [1.165, 1.54) is 24.5 Å². The van der Waals surface area contributed by atoms with Gasteiger partial charge in [0.25, 0.3) is 0 Å². The molecule has 0 saturated carbocycles. The number of carboxylic acid groups (broad SMARTS) is 1. The van der Waals surface area contributed by atoms with E-state index in [-0.39, 0.29) is 44.4 Å². The second-order valence-corrected chi connectivity index (χ2v) is 16.2. The Balaban J connectivity index is 1.11. The van der Waals surface area contributed by atoms with Crippen molar-refractivity contribution < 1.29 is 53.1 Å². The summed E-state index contributed by atoms with van der Waals surface area (Å²) in [4.78, 5) is 137. The first-order valence-corrected chi connectivity index (χ1v) is 21.5. The van der Waals surface area contributed by atoms with Crippen molar-refractivity contribution in [1.82, 2.24) is 45.8 Å². The average Bonchev–Trinajstić information content (AvgIpc) is 4.11. The minimum absolute atomic E-state index is 0.214. The van der Waals surface area contributed by atoms with Gasteiger partial charge in [0.05, 0.1) is 19.6 Å². The van der Waals surface area contributed by atoms with Gasteiger partial charge in [0.15, 0.2) is 0 Å². The molecule has 22 heteroatoms. The van der Waals surface area contributed by atoms with Gasteiger partial charge in [0.1, 0.15) is 42.8 Å². The van der Waals surface area contributed by atoms with Crippen LogP contribution in [-0.2, 0) is 47.9 Å². The van der Waals surface area contributed by atoms with Gasteiger partial charge in [0.2, 0.25) is 53.2 Å². The molecule has 5 aliphatic heterocycles. The number of nitrogens with zero attached hydrogens (tertiary/aromatic N) is 5. The molecule has 0 bridgehead atoms. The van der Waals surface area contributed by atoms with Gasteiger partial charge in [-0.15, -0.1) is 0 Å². The van der Waals surface area contributed by atoms with Crippen LogP contribution >= 0.6 is 0 Å². The van der Waals surface area contributed by atoms with Crippen LogP contribution in [-0.4, -0.2) is 190 Å². The van der Waals surface area contributed by atoms with Gasteiger partial charge in [-0.25, -0.2) is 0 Å². The van der Waals surface area contributed by atoms with Crippen molar-refractivity contribution in [3.63, 3.8) is 0 Å². The Hall–Kier alpha value is -5.38. The molecule has 0 aliphatic carbocycles. The third-order valence-corrected chi connectivity index (χ3v) is 12.3. The summed E-state index contributed by atoms with van der Waals surface area (Å²) >= 11 is 0. The number of hydrogen-bond acceptors (Lipinski definition) is 12. The smallest absolute Gasteiger partial charge is 0.322 e. The van der Waals surface area contributed by atoms with Crippen LogP contribution in [0.3, 0.4) is 0 Å². The second kappa shape index (κ2) is 21.9. The summed E-state index contributed by atoms with van der Waals surface area (Å²) in [6, 6.07) is -5.17. The zero-order valence-electron chi connectivity index (χ0n) is 34.6. The van der Waals surface area contributed by atoms with Gasteiger partial charge in [-0.2, -0.15) is 0 Å². The molecule has 9 N–H and O–H groups in total. The predicted octanol–water partition coefficient (Wildman–Crippen LogP) is -4.05. The number of nitrogens with two attached hydrogens (primary N) is 2. The summed E-state index contributed by atoms with van der Waals surface area (Å²) in [6.45, 7) is 0.253. The Morgan fingerprint density at radius 1 is 0.508 bits per heavy atom. The van der Waals surface area contributed by atoms with Gasteiger partial charge >= 0.3 is 5.97 Å². The lowest BCUT2D eigenvalue weighted by atomic mass is 10.1. The van der Waals surface area contributed by atoms with E-state index >= 15 is 0 Å². The van der Waals surface area contributed by atoms with Crippen LogP contribution in [0, 0.1) is 0 Å². The van der Waals surface area contributed by atoms with Crippen molar-refractivity contribution >= 4 is 59.1 Å². The van der Waals surface area contributed by atoms with Gasteiger partial charge in [0, 0.05) is 32.7 Å². The molecule has 5 rings (SSSR count). The first-order valence-electron chi connectivity index (χ1n) is 21.5. The molecular weight excluding hydrogens is 798 g/mol. The van der Waals surface area contributed by atoms with Crippen LogP contribution in [0.5, 0.6) is 0 Å². The fourth-order valence-electron chi connectivity index (χ4n) is 9.17. The Bertz CT molecular complexity index is 1700. The molecule has 22 nitrogen and oxygen atoms in total. The molecule has 5 saturated heterocycles. The second-order valence-electron chi connectivity index (χ2n) is 16.2. The van der Waals surface area contributed by atoms with Crippen LogP contribution in [0.15, 0.2) is 0 Å². The van der Waals surface area contributed by atoms with Gasteiger partial charge < -0.3 is 62.3 Å². The summed E-state index contributed by atoms with van der Waals surface area (Å²) in [5.74, 6) is -5.59. The number of rotatable bonds is 18. The van der Waals surface area contributed by atoms with Crippen molar-refractivity contribution in [2.45, 2.75) is 120 Å². The van der Waals surface area contributed by atoms with E-state index in [1.807, 2.05) is 0 Å². The van der Waals surface area contributed by atoms with E-state index in [4.69, 9.17) is 16.6 Å². The molecular formula is C39H61N11O11. The molecule has 0 aromatic heterocycles. The fourth-order valence-corrected chi connectivity index (χ4v) is 9.17. The quantitative estimate of drug-likeness (QED) is 0.0647. The lowest BCUT2D eigenvalue weighted by molar-refractivity contribution is -0.147. The van der Waals surface area contributed by atoms with E-state index in [2.05, 4.69) is 21.3 Å². The minimum Gasteiger partial charge on any atom is -0.480 e. The van der Waals surface area contributed by atoms with E-state index < -0.39 is 103 Å². The number of amides is 9. The fraction of sp³-hybridized carbons (Fsp3) is 0.744. The third-order valence-electron chi connectivity index (χ3n) is 12.3. The molecule has 0 spiro atoms. The van der Waals surface area contributed by atoms with Gasteiger partial charge in [-0.3, -0.25) is 47.9 Å². The number of carboxylic acids is 1. The highest BCUT2D eigenvalue weighted by Gasteiger charge is 2.44. The summed E-state index contributed by atoms with van der Waals surface area (Å²) in [7, 11) is 0. The maximum atomic E-state index is 13.9. The van der Waals surface area contributed by atoms with E-state index in [9.17, 15) is 47.9 Å². The molecule has 5 heterocycles. The monoisotopic (exact) mass is 859 g/mol. The van der Waals surface area contributed by atoms with Crippen LogP contribution < -0.4 is 32.7 Å². The number of hydrogen-bond donors (Lipinski definition) is 7. The lowest BCUT2D eigenvalue weighted by Crippen LogP contribution is -2.56. The summed E-state index contributed by atoms with van der Waals surface area (Å²) in [5, 5.41) is 19.2. The Kier molecular flexibility index (Phi) is 16.8. The number of carbonyl (C=O) groups excluding carboxylic acids is 9. The topological polar surface area (TPSA) is 307 Å². The highest BCUT2D eigenvalue weighted by molar-refractivity contribution is 5.97.